The number of imidazole rings is 1. The number of alkyl carbamates (subject to hydrolysis) is 1. The van der Waals surface area contributed by atoms with E-state index in [0.717, 1.165) is 10.9 Å². The number of nitrogens with one attached hydrogen (secondary N) is 2. The number of ether oxygens (including phenoxy) is 1. The summed E-state index contributed by atoms with van der Waals surface area (Å²) < 4.78 is 49.0. The number of nitrogens with zero attached hydrogens (tertiary/aromatic N) is 8. The van der Waals surface area contributed by atoms with Crippen LogP contribution < -0.4 is 10.6 Å². The number of fused-ring (bicyclic) bond motifs is 1. The maximum absolute atomic E-state index is 13.8. The summed E-state index contributed by atoms with van der Waals surface area (Å²) in [5, 5.41) is 18.5. The number of anilines is 2. The van der Waals surface area contributed by atoms with Gasteiger partial charge in [-0.1, -0.05) is 11.6 Å². The smallest absolute Gasteiger partial charge is 0.435 e. The van der Waals surface area contributed by atoms with Gasteiger partial charge in [0.2, 0.25) is 5.91 Å². The molecule has 0 radical (unpaired) electrons. The van der Waals surface area contributed by atoms with Crippen molar-refractivity contribution in [3.8, 4) is 17.3 Å². The number of amides is 3. The van der Waals surface area contributed by atoms with E-state index >= 15 is 0 Å². The number of carbonyl (C=O) groups is 3. The van der Waals surface area contributed by atoms with Gasteiger partial charge in [0.1, 0.15) is 12.1 Å². The predicted octanol–water partition coefficient (Wildman–Crippen LogP) is 5.12. The molecule has 0 unspecified atom stereocenters. The second kappa shape index (κ2) is 13.7. The third kappa shape index (κ3) is 7.70. The average Bonchev–Trinajstić information content (AvgIpc) is 3.67. The van der Waals surface area contributed by atoms with E-state index < -0.39 is 23.6 Å². The number of benzene rings is 1. The van der Waals surface area contributed by atoms with Crippen molar-refractivity contribution in [2.75, 3.05) is 31.5 Å². The fraction of sp³-hybridized carbons (Fsp3) is 0.424. The van der Waals surface area contributed by atoms with Crippen molar-refractivity contribution >= 4 is 46.7 Å². The van der Waals surface area contributed by atoms with Gasteiger partial charge in [0, 0.05) is 62.4 Å². The fourth-order valence-electron chi connectivity index (χ4n) is 6.05. The summed E-state index contributed by atoms with van der Waals surface area (Å²) in [6.07, 6.45) is 1.06. The molecule has 1 aliphatic heterocycles. The molecule has 1 saturated heterocycles. The molecule has 2 aliphatic rings. The SMILES string of the molecule is CC(C)(C)OC(=O)NC1CC(C(=O)N2CCN(C(=O)c3ccc(Nc4nccn5c(-c6cn(CC#N)nc6C(F)(F)F)cnc45)cc3Cl)CC2)C1. The zero-order chi connectivity index (χ0) is 36.7. The van der Waals surface area contributed by atoms with Crippen LogP contribution in [0.15, 0.2) is 43.0 Å². The lowest BCUT2D eigenvalue weighted by molar-refractivity contribution is -0.141. The first-order chi connectivity index (χ1) is 24.1. The first-order valence-corrected chi connectivity index (χ1v) is 16.5. The van der Waals surface area contributed by atoms with Crippen LogP contribution in [0.5, 0.6) is 0 Å². The van der Waals surface area contributed by atoms with Gasteiger partial charge in [0.05, 0.1) is 34.1 Å². The van der Waals surface area contributed by atoms with Crippen molar-refractivity contribution in [1.29, 1.82) is 5.26 Å². The first-order valence-electron chi connectivity index (χ1n) is 16.1. The van der Waals surface area contributed by atoms with Crippen LogP contribution in [-0.4, -0.2) is 89.7 Å². The van der Waals surface area contributed by atoms with Crippen LogP contribution in [0.2, 0.25) is 5.02 Å². The van der Waals surface area contributed by atoms with Crippen LogP contribution in [0.4, 0.5) is 29.5 Å². The van der Waals surface area contributed by atoms with Gasteiger partial charge in [0.15, 0.2) is 17.2 Å². The van der Waals surface area contributed by atoms with E-state index in [-0.39, 0.29) is 63.6 Å². The van der Waals surface area contributed by atoms with Gasteiger partial charge in [-0.05, 0) is 51.8 Å². The van der Waals surface area contributed by atoms with Crippen molar-refractivity contribution in [3.63, 3.8) is 0 Å². The Labute approximate surface area is 295 Å². The molecule has 0 spiro atoms. The number of piperazine rings is 1. The summed E-state index contributed by atoms with van der Waals surface area (Å²) in [4.78, 5) is 50.4. The van der Waals surface area contributed by atoms with Crippen LogP contribution in [0.1, 0.15) is 49.7 Å². The Balaban J connectivity index is 1.07. The van der Waals surface area contributed by atoms with E-state index in [1.54, 1.807) is 48.8 Å². The second-order valence-electron chi connectivity index (χ2n) is 13.3. The molecular weight excluding hydrogens is 693 g/mol. The minimum absolute atomic E-state index is 0.000819. The molecule has 2 N–H and O–H groups in total. The zero-order valence-corrected chi connectivity index (χ0v) is 28.6. The van der Waals surface area contributed by atoms with Crippen molar-refractivity contribution in [2.24, 2.45) is 5.92 Å². The zero-order valence-electron chi connectivity index (χ0n) is 27.9. The molecular formula is C33H34ClF3N10O4. The van der Waals surface area contributed by atoms with Gasteiger partial charge in [-0.25, -0.2) is 14.8 Å². The predicted molar refractivity (Wildman–Crippen MR) is 178 cm³/mol. The molecule has 18 heteroatoms. The summed E-state index contributed by atoms with van der Waals surface area (Å²) in [6.45, 7) is 6.38. The standard InChI is InChI=1S/C33H34ClF3N10O4/c1-32(2,3)51-31(50)42-21-14-19(15-21)29(48)44-10-12-45(13-11-44)30(49)22-5-4-20(16-24(22)34)41-27-28-40-17-25(47(28)9-7-39-27)23-18-46(8-6-38)43-26(23)33(35,36)37/h4-5,7,9,16-19,21H,8,10-15H2,1-3H3,(H,39,41)(H,42,50). The third-order valence-corrected chi connectivity index (χ3v) is 8.83. The highest BCUT2D eigenvalue weighted by Crippen LogP contribution is 2.37. The van der Waals surface area contributed by atoms with Gasteiger partial charge in [0.25, 0.3) is 5.91 Å². The lowest BCUT2D eigenvalue weighted by Crippen LogP contribution is -2.55. The number of nitriles is 1. The summed E-state index contributed by atoms with van der Waals surface area (Å²) in [5.41, 5.74) is -0.965. The van der Waals surface area contributed by atoms with E-state index in [2.05, 4.69) is 25.7 Å². The number of carbonyl (C=O) groups excluding carboxylic acids is 3. The molecule has 1 saturated carbocycles. The van der Waals surface area contributed by atoms with Gasteiger partial charge in [-0.3, -0.25) is 18.7 Å². The van der Waals surface area contributed by atoms with Gasteiger partial charge in [-0.2, -0.15) is 23.5 Å². The monoisotopic (exact) mass is 726 g/mol. The lowest BCUT2D eigenvalue weighted by Gasteiger charge is -2.41. The summed E-state index contributed by atoms with van der Waals surface area (Å²) in [5.74, 6) is -0.266. The topological polar surface area (TPSA) is 163 Å². The quantitative estimate of drug-likeness (QED) is 0.263. The number of hydrogen-bond acceptors (Lipinski definition) is 9. The molecule has 268 valence electrons. The normalized spacial score (nSPS) is 17.8. The van der Waals surface area contributed by atoms with E-state index in [4.69, 9.17) is 21.6 Å². The Bertz CT molecular complexity index is 2020. The van der Waals surface area contributed by atoms with Crippen molar-refractivity contribution < 1.29 is 32.3 Å². The van der Waals surface area contributed by atoms with E-state index in [1.807, 2.05) is 0 Å². The maximum atomic E-state index is 13.8. The second-order valence-corrected chi connectivity index (χ2v) is 13.7. The molecule has 2 fully saturated rings. The Kier molecular flexibility index (Phi) is 9.55. The molecule has 0 bridgehead atoms. The van der Waals surface area contributed by atoms with Crippen LogP contribution in [0, 0.1) is 17.2 Å². The van der Waals surface area contributed by atoms with E-state index in [1.165, 1.54) is 29.1 Å². The molecule has 1 aromatic carbocycles. The number of hydrogen-bond donors (Lipinski definition) is 2. The van der Waals surface area contributed by atoms with E-state index in [9.17, 15) is 27.6 Å². The average molecular weight is 727 g/mol. The molecule has 4 aromatic rings. The minimum Gasteiger partial charge on any atom is -0.444 e. The maximum Gasteiger partial charge on any atom is 0.435 e. The molecule has 4 heterocycles. The Morgan fingerprint density at radius 2 is 1.78 bits per heavy atom. The third-order valence-electron chi connectivity index (χ3n) is 8.52. The molecule has 6 rings (SSSR count). The van der Waals surface area contributed by atoms with Gasteiger partial charge >= 0.3 is 12.3 Å². The van der Waals surface area contributed by atoms with Gasteiger partial charge < -0.3 is 25.2 Å². The summed E-state index contributed by atoms with van der Waals surface area (Å²) >= 11 is 6.56. The molecule has 3 aromatic heterocycles. The Morgan fingerprint density at radius 3 is 2.43 bits per heavy atom. The molecule has 14 nitrogen and oxygen atoms in total. The number of aromatic nitrogens is 5. The van der Waals surface area contributed by atoms with Crippen LogP contribution >= 0.6 is 11.6 Å². The van der Waals surface area contributed by atoms with Crippen molar-refractivity contribution in [1.82, 2.24) is 39.3 Å². The first kappa shape index (κ1) is 35.5. The minimum atomic E-state index is -4.76. The highest BCUT2D eigenvalue weighted by molar-refractivity contribution is 6.34. The van der Waals surface area contributed by atoms with Crippen LogP contribution in [-0.2, 0) is 22.3 Å². The largest absolute Gasteiger partial charge is 0.444 e. The van der Waals surface area contributed by atoms with Gasteiger partial charge in [-0.15, -0.1) is 0 Å². The highest BCUT2D eigenvalue weighted by Gasteiger charge is 2.40. The molecule has 1 aliphatic carbocycles. The van der Waals surface area contributed by atoms with E-state index in [0.29, 0.717) is 44.7 Å². The van der Waals surface area contributed by atoms with Crippen molar-refractivity contribution in [2.45, 2.75) is 58.0 Å². The van der Waals surface area contributed by atoms with Crippen LogP contribution in [0.3, 0.4) is 0 Å². The van der Waals surface area contributed by atoms with Crippen molar-refractivity contribution in [3.05, 3.63) is 59.3 Å². The Hall–Kier alpha value is -5.37. The lowest BCUT2D eigenvalue weighted by atomic mass is 9.79. The number of alkyl halides is 3. The number of rotatable bonds is 7. The summed E-state index contributed by atoms with van der Waals surface area (Å²) in [7, 11) is 0. The number of halogens is 4. The molecule has 0 atom stereocenters. The Morgan fingerprint density at radius 1 is 1.08 bits per heavy atom. The summed E-state index contributed by atoms with van der Waals surface area (Å²) in [6, 6.07) is 6.39. The van der Waals surface area contributed by atoms with Crippen LogP contribution in [0.25, 0.3) is 16.9 Å². The molecule has 51 heavy (non-hydrogen) atoms. The highest BCUT2D eigenvalue weighted by atomic mass is 35.5. The molecule has 3 amide bonds. The fourth-order valence-corrected chi connectivity index (χ4v) is 6.31.